The molecule has 0 aliphatic rings. The second-order valence-corrected chi connectivity index (χ2v) is 5.64. The van der Waals surface area contributed by atoms with Gasteiger partial charge >= 0.3 is 0 Å². The molecule has 1 aromatic heterocycles. The summed E-state index contributed by atoms with van der Waals surface area (Å²) >= 11 is 0. The highest BCUT2D eigenvalue weighted by Gasteiger charge is 2.25. The summed E-state index contributed by atoms with van der Waals surface area (Å²) in [5.74, 6) is -0.426. The molecule has 132 valence electrons. The van der Waals surface area contributed by atoms with E-state index in [1.54, 1.807) is 30.3 Å². The molecule has 0 aliphatic carbocycles. The van der Waals surface area contributed by atoms with E-state index in [0.717, 1.165) is 0 Å². The molecule has 0 atom stereocenters. The summed E-state index contributed by atoms with van der Waals surface area (Å²) in [7, 11) is 0. The second kappa shape index (κ2) is 7.60. The summed E-state index contributed by atoms with van der Waals surface area (Å²) in [4.78, 5) is 25.0. The Morgan fingerprint density at radius 1 is 1.08 bits per heavy atom. The van der Waals surface area contributed by atoms with Gasteiger partial charge in [-0.2, -0.15) is 0 Å². The van der Waals surface area contributed by atoms with Gasteiger partial charge in [0, 0.05) is 12.6 Å². The standard InChI is InChI=1S/C19H15FN2O4/c20-15-6-3-5-14(11-15)12-21(13-16-7-4-10-26-16)19(23)17-8-1-2-9-18(17)22(24)25/h1-11H,12-13H2. The first-order valence-electron chi connectivity index (χ1n) is 7.84. The molecule has 0 spiro atoms. The van der Waals surface area contributed by atoms with Crippen molar-refractivity contribution < 1.29 is 18.5 Å². The monoisotopic (exact) mass is 354 g/mol. The minimum absolute atomic E-state index is 0.0274. The number of nitrogens with zero attached hydrogens (tertiary/aromatic N) is 2. The van der Waals surface area contributed by atoms with Crippen LogP contribution in [0.3, 0.4) is 0 Å². The SMILES string of the molecule is O=C(c1ccccc1[N+](=O)[O-])N(Cc1cccc(F)c1)Cc1ccco1. The predicted octanol–water partition coefficient (Wildman–Crippen LogP) is 4.17. The van der Waals surface area contributed by atoms with Gasteiger partial charge in [-0.1, -0.05) is 24.3 Å². The topological polar surface area (TPSA) is 76.6 Å². The number of amides is 1. The molecule has 3 rings (SSSR count). The maximum absolute atomic E-state index is 13.5. The van der Waals surface area contributed by atoms with E-state index in [1.165, 1.54) is 41.5 Å². The molecule has 1 heterocycles. The van der Waals surface area contributed by atoms with Crippen molar-refractivity contribution in [2.75, 3.05) is 0 Å². The van der Waals surface area contributed by atoms with Crippen molar-refractivity contribution >= 4 is 11.6 Å². The molecule has 0 N–H and O–H groups in total. The number of rotatable bonds is 6. The van der Waals surface area contributed by atoms with Gasteiger partial charge in [-0.3, -0.25) is 14.9 Å². The molecule has 0 saturated carbocycles. The van der Waals surface area contributed by atoms with Crippen LogP contribution >= 0.6 is 0 Å². The molecule has 0 bridgehead atoms. The van der Waals surface area contributed by atoms with E-state index in [-0.39, 0.29) is 24.3 Å². The van der Waals surface area contributed by atoms with E-state index in [0.29, 0.717) is 11.3 Å². The molecule has 0 aliphatic heterocycles. The van der Waals surface area contributed by atoms with Gasteiger partial charge in [0.1, 0.15) is 17.1 Å². The lowest BCUT2D eigenvalue weighted by atomic mass is 10.1. The molecule has 0 unspecified atom stereocenters. The normalized spacial score (nSPS) is 10.5. The number of halogens is 1. The fraction of sp³-hybridized carbons (Fsp3) is 0.105. The summed E-state index contributed by atoms with van der Waals surface area (Å²) in [6.07, 6.45) is 1.48. The third-order valence-corrected chi connectivity index (χ3v) is 3.81. The van der Waals surface area contributed by atoms with E-state index >= 15 is 0 Å². The zero-order chi connectivity index (χ0) is 18.5. The van der Waals surface area contributed by atoms with Crippen molar-refractivity contribution in [1.29, 1.82) is 0 Å². The van der Waals surface area contributed by atoms with Gasteiger partial charge in [0.2, 0.25) is 0 Å². The summed E-state index contributed by atoms with van der Waals surface area (Å²) in [5, 5.41) is 11.2. The molecular formula is C19H15FN2O4. The summed E-state index contributed by atoms with van der Waals surface area (Å²) in [5.41, 5.74) is 0.269. The van der Waals surface area contributed by atoms with E-state index in [1.807, 2.05) is 0 Å². The molecule has 26 heavy (non-hydrogen) atoms. The van der Waals surface area contributed by atoms with Crippen LogP contribution in [0.5, 0.6) is 0 Å². The number of nitro benzene ring substituents is 1. The maximum Gasteiger partial charge on any atom is 0.282 e. The fourth-order valence-electron chi connectivity index (χ4n) is 2.63. The van der Waals surface area contributed by atoms with E-state index < -0.39 is 16.6 Å². The average Bonchev–Trinajstić information content (AvgIpc) is 3.13. The Morgan fingerprint density at radius 3 is 2.58 bits per heavy atom. The van der Waals surface area contributed by atoms with Gasteiger partial charge in [-0.05, 0) is 35.9 Å². The number of furan rings is 1. The number of para-hydroxylation sites is 1. The van der Waals surface area contributed by atoms with Gasteiger partial charge in [0.15, 0.2) is 0 Å². The Balaban J connectivity index is 1.94. The molecule has 7 heteroatoms. The number of nitro groups is 1. The smallest absolute Gasteiger partial charge is 0.282 e. The van der Waals surface area contributed by atoms with Crippen LogP contribution in [0.15, 0.2) is 71.3 Å². The Bertz CT molecular complexity index is 925. The summed E-state index contributed by atoms with van der Waals surface area (Å²) < 4.78 is 18.8. The quantitative estimate of drug-likeness (QED) is 0.492. The highest BCUT2D eigenvalue weighted by molar-refractivity contribution is 5.98. The van der Waals surface area contributed by atoms with Crippen LogP contribution in [0.4, 0.5) is 10.1 Å². The van der Waals surface area contributed by atoms with Crippen LogP contribution < -0.4 is 0 Å². The molecule has 0 radical (unpaired) electrons. The van der Waals surface area contributed by atoms with Gasteiger partial charge < -0.3 is 9.32 Å². The van der Waals surface area contributed by atoms with Crippen molar-refractivity contribution in [2.24, 2.45) is 0 Å². The molecule has 0 fully saturated rings. The van der Waals surface area contributed by atoms with Crippen molar-refractivity contribution in [1.82, 2.24) is 4.90 Å². The Hall–Kier alpha value is -3.48. The third kappa shape index (κ3) is 3.94. The average molecular weight is 354 g/mol. The van der Waals surface area contributed by atoms with Crippen molar-refractivity contribution in [2.45, 2.75) is 13.1 Å². The minimum atomic E-state index is -0.597. The van der Waals surface area contributed by atoms with E-state index in [9.17, 15) is 19.3 Å². The van der Waals surface area contributed by atoms with Crippen LogP contribution in [0, 0.1) is 15.9 Å². The second-order valence-electron chi connectivity index (χ2n) is 5.64. The van der Waals surface area contributed by atoms with Gasteiger partial charge in [-0.25, -0.2) is 4.39 Å². The number of hydrogen-bond donors (Lipinski definition) is 0. The zero-order valence-electron chi connectivity index (χ0n) is 13.7. The lowest BCUT2D eigenvalue weighted by molar-refractivity contribution is -0.385. The molecule has 3 aromatic rings. The summed E-state index contributed by atoms with van der Waals surface area (Å²) in [6, 6.07) is 15.0. The number of hydrogen-bond acceptors (Lipinski definition) is 4. The van der Waals surface area contributed by atoms with Crippen molar-refractivity contribution in [3.63, 3.8) is 0 Å². The van der Waals surface area contributed by atoms with E-state index in [4.69, 9.17) is 4.42 Å². The van der Waals surface area contributed by atoms with Gasteiger partial charge in [0.05, 0.1) is 17.7 Å². The van der Waals surface area contributed by atoms with Crippen LogP contribution in [-0.2, 0) is 13.1 Å². The minimum Gasteiger partial charge on any atom is -0.467 e. The van der Waals surface area contributed by atoms with Gasteiger partial charge in [-0.15, -0.1) is 0 Å². The molecule has 0 saturated heterocycles. The highest BCUT2D eigenvalue weighted by Crippen LogP contribution is 2.22. The largest absolute Gasteiger partial charge is 0.467 e. The van der Waals surface area contributed by atoms with Crippen molar-refractivity contribution in [3.8, 4) is 0 Å². The first-order chi connectivity index (χ1) is 12.5. The molecule has 2 aromatic carbocycles. The molecule has 1 amide bonds. The predicted molar refractivity (Wildman–Crippen MR) is 91.8 cm³/mol. The lowest BCUT2D eigenvalue weighted by Crippen LogP contribution is -2.30. The molecule has 6 nitrogen and oxygen atoms in total. The summed E-state index contributed by atoms with van der Waals surface area (Å²) in [6.45, 7) is 0.192. The van der Waals surface area contributed by atoms with Crippen LogP contribution in [0.25, 0.3) is 0 Å². The number of benzene rings is 2. The van der Waals surface area contributed by atoms with Crippen LogP contribution in [0.1, 0.15) is 21.7 Å². The third-order valence-electron chi connectivity index (χ3n) is 3.81. The fourth-order valence-corrected chi connectivity index (χ4v) is 2.63. The van der Waals surface area contributed by atoms with Crippen molar-refractivity contribution in [3.05, 3.63) is 99.7 Å². The van der Waals surface area contributed by atoms with E-state index in [2.05, 4.69) is 0 Å². The maximum atomic E-state index is 13.5. The number of carbonyl (C=O) groups is 1. The first kappa shape index (κ1) is 17.3. The highest BCUT2D eigenvalue weighted by atomic mass is 19.1. The van der Waals surface area contributed by atoms with Gasteiger partial charge in [0.25, 0.3) is 11.6 Å². The Kier molecular flexibility index (Phi) is 5.07. The zero-order valence-corrected chi connectivity index (χ0v) is 13.7. The lowest BCUT2D eigenvalue weighted by Gasteiger charge is -2.22. The van der Waals surface area contributed by atoms with Crippen LogP contribution in [0.2, 0.25) is 0 Å². The Morgan fingerprint density at radius 2 is 1.88 bits per heavy atom. The molecular weight excluding hydrogens is 339 g/mol. The first-order valence-corrected chi connectivity index (χ1v) is 7.84. The van der Waals surface area contributed by atoms with Crippen LogP contribution in [-0.4, -0.2) is 15.7 Å². The Labute approximate surface area is 148 Å². The number of carbonyl (C=O) groups excluding carboxylic acids is 1.